The molecule has 3 rings (SSSR count). The van der Waals surface area contributed by atoms with Gasteiger partial charge in [-0.15, -0.1) is 0 Å². The van der Waals surface area contributed by atoms with Gasteiger partial charge in [-0.1, -0.05) is 0 Å². The largest absolute Gasteiger partial charge is 0.497 e. The molecule has 0 saturated carbocycles. The molecule has 0 spiro atoms. The van der Waals surface area contributed by atoms with Crippen LogP contribution >= 0.6 is 22.6 Å². The Morgan fingerprint density at radius 1 is 1.24 bits per heavy atom. The standard InChI is InChI=1S/C22H19IN4O6/c1-3-32-19-11-14(12-25-26-20-9-6-16(13-24-20)27(29)30)10-18(23)21(19)33-22(28)15-4-7-17(31-2)8-5-15/h4-13H,3H2,1-2H3,(H,24,26)/b25-12-. The maximum absolute atomic E-state index is 12.6. The molecule has 10 nitrogen and oxygen atoms in total. The smallest absolute Gasteiger partial charge is 0.343 e. The zero-order valence-electron chi connectivity index (χ0n) is 17.6. The quantitative estimate of drug-likeness (QED) is 0.0997. The average molecular weight is 562 g/mol. The Morgan fingerprint density at radius 2 is 2.00 bits per heavy atom. The highest BCUT2D eigenvalue weighted by molar-refractivity contribution is 14.1. The molecular formula is C22H19IN4O6. The van der Waals surface area contributed by atoms with Crippen LogP contribution in [0.15, 0.2) is 59.8 Å². The molecule has 1 heterocycles. The molecule has 1 aromatic heterocycles. The topological polar surface area (TPSA) is 125 Å². The molecule has 0 fully saturated rings. The second-order valence-electron chi connectivity index (χ2n) is 6.41. The van der Waals surface area contributed by atoms with Gasteiger partial charge in [-0.05, 0) is 77.5 Å². The number of ether oxygens (including phenoxy) is 3. The maximum Gasteiger partial charge on any atom is 0.343 e. The predicted octanol–water partition coefficient (Wildman–Crippen LogP) is 4.67. The van der Waals surface area contributed by atoms with Crippen molar-refractivity contribution in [1.82, 2.24) is 4.98 Å². The number of pyridine rings is 1. The van der Waals surface area contributed by atoms with E-state index in [9.17, 15) is 14.9 Å². The van der Waals surface area contributed by atoms with Crippen molar-refractivity contribution in [2.45, 2.75) is 6.92 Å². The first-order chi connectivity index (χ1) is 15.9. The summed E-state index contributed by atoms with van der Waals surface area (Å²) < 4.78 is 17.0. The number of hydrogen-bond donors (Lipinski definition) is 1. The number of aromatic nitrogens is 1. The SMILES string of the molecule is CCOc1cc(/C=N\Nc2ccc([N+](=O)[O-])cn2)cc(I)c1OC(=O)c1ccc(OC)cc1. The van der Waals surface area contributed by atoms with Gasteiger partial charge in [0.2, 0.25) is 0 Å². The minimum Gasteiger partial charge on any atom is -0.497 e. The number of halogens is 1. The van der Waals surface area contributed by atoms with Crippen molar-refractivity contribution in [2.24, 2.45) is 5.10 Å². The van der Waals surface area contributed by atoms with Gasteiger partial charge in [-0.3, -0.25) is 15.5 Å². The van der Waals surface area contributed by atoms with Crippen molar-refractivity contribution in [3.8, 4) is 17.2 Å². The van der Waals surface area contributed by atoms with E-state index < -0.39 is 10.9 Å². The van der Waals surface area contributed by atoms with E-state index in [2.05, 4.69) is 38.1 Å². The van der Waals surface area contributed by atoms with E-state index >= 15 is 0 Å². The lowest BCUT2D eigenvalue weighted by Gasteiger charge is -2.13. The van der Waals surface area contributed by atoms with Gasteiger partial charge in [0.05, 0.1) is 34.0 Å². The lowest BCUT2D eigenvalue weighted by molar-refractivity contribution is -0.385. The third-order valence-corrected chi connectivity index (χ3v) is 5.00. The van der Waals surface area contributed by atoms with Crippen LogP contribution in [-0.2, 0) is 0 Å². The number of esters is 1. The van der Waals surface area contributed by atoms with Crippen molar-refractivity contribution >= 4 is 46.3 Å². The molecule has 0 aliphatic heterocycles. The van der Waals surface area contributed by atoms with Crippen molar-refractivity contribution in [3.05, 3.63) is 79.5 Å². The van der Waals surface area contributed by atoms with Gasteiger partial charge in [0.15, 0.2) is 11.5 Å². The van der Waals surface area contributed by atoms with Crippen LogP contribution in [0.25, 0.3) is 0 Å². The summed E-state index contributed by atoms with van der Waals surface area (Å²) in [6.07, 6.45) is 2.67. The van der Waals surface area contributed by atoms with Gasteiger partial charge in [0.25, 0.3) is 5.69 Å². The molecular weight excluding hydrogens is 543 g/mol. The van der Waals surface area contributed by atoms with Gasteiger partial charge in [0.1, 0.15) is 17.8 Å². The van der Waals surface area contributed by atoms with E-state index in [1.807, 2.05) is 6.92 Å². The van der Waals surface area contributed by atoms with Crippen molar-refractivity contribution in [1.29, 1.82) is 0 Å². The Bertz CT molecular complexity index is 1170. The van der Waals surface area contributed by atoms with E-state index in [0.29, 0.717) is 44.4 Å². The number of nitro groups is 1. The summed E-state index contributed by atoms with van der Waals surface area (Å²) in [5.74, 6) is 1.16. The fraction of sp³-hybridized carbons (Fsp3) is 0.136. The number of carbonyl (C=O) groups excluding carboxylic acids is 1. The molecule has 0 saturated heterocycles. The molecule has 3 aromatic rings. The first kappa shape index (κ1) is 23.9. The molecule has 0 amide bonds. The number of rotatable bonds is 9. The maximum atomic E-state index is 12.6. The number of carbonyl (C=O) groups is 1. The first-order valence-corrected chi connectivity index (χ1v) is 10.7. The molecule has 0 aliphatic carbocycles. The van der Waals surface area contributed by atoms with E-state index in [-0.39, 0.29) is 5.69 Å². The summed E-state index contributed by atoms with van der Waals surface area (Å²) in [6.45, 7) is 2.19. The molecule has 0 radical (unpaired) electrons. The highest BCUT2D eigenvalue weighted by Gasteiger charge is 2.17. The first-order valence-electron chi connectivity index (χ1n) is 9.63. The third kappa shape index (κ3) is 6.38. The molecule has 170 valence electrons. The summed E-state index contributed by atoms with van der Waals surface area (Å²) in [7, 11) is 1.55. The highest BCUT2D eigenvalue weighted by Crippen LogP contribution is 2.34. The molecule has 0 unspecified atom stereocenters. The number of nitrogens with zero attached hydrogens (tertiary/aromatic N) is 3. The van der Waals surface area contributed by atoms with E-state index in [0.717, 1.165) is 6.20 Å². The minimum atomic E-state index is -0.528. The summed E-state index contributed by atoms with van der Waals surface area (Å²) in [5, 5.41) is 14.8. The van der Waals surface area contributed by atoms with Crippen LogP contribution in [0.4, 0.5) is 11.5 Å². The predicted molar refractivity (Wildman–Crippen MR) is 130 cm³/mol. The summed E-state index contributed by atoms with van der Waals surface area (Å²) in [5.41, 5.74) is 3.65. The van der Waals surface area contributed by atoms with E-state index in [1.54, 1.807) is 43.5 Å². The van der Waals surface area contributed by atoms with E-state index in [1.165, 1.54) is 18.3 Å². The molecule has 0 atom stereocenters. The molecule has 1 N–H and O–H groups in total. The second-order valence-corrected chi connectivity index (χ2v) is 7.57. The summed E-state index contributed by atoms with van der Waals surface area (Å²) >= 11 is 2.05. The molecule has 2 aromatic carbocycles. The Labute approximate surface area is 202 Å². The number of hydrazone groups is 1. The van der Waals surface area contributed by atoms with Crippen LogP contribution in [0, 0.1) is 13.7 Å². The van der Waals surface area contributed by atoms with Crippen LogP contribution < -0.4 is 19.6 Å². The normalized spacial score (nSPS) is 10.6. The van der Waals surface area contributed by atoms with Gasteiger partial charge in [-0.25, -0.2) is 9.78 Å². The molecule has 0 bridgehead atoms. The zero-order valence-corrected chi connectivity index (χ0v) is 19.8. The molecule has 33 heavy (non-hydrogen) atoms. The lowest BCUT2D eigenvalue weighted by Crippen LogP contribution is -2.11. The monoisotopic (exact) mass is 562 g/mol. The highest BCUT2D eigenvalue weighted by atomic mass is 127. The Hall–Kier alpha value is -3.74. The van der Waals surface area contributed by atoms with Crippen LogP contribution in [0.5, 0.6) is 17.2 Å². The third-order valence-electron chi connectivity index (χ3n) is 4.20. The fourth-order valence-electron chi connectivity index (χ4n) is 2.64. The number of anilines is 1. The molecule has 11 heteroatoms. The number of hydrogen-bond acceptors (Lipinski definition) is 9. The fourth-order valence-corrected chi connectivity index (χ4v) is 3.37. The summed E-state index contributed by atoms with van der Waals surface area (Å²) in [4.78, 5) is 26.7. The van der Waals surface area contributed by atoms with Crippen molar-refractivity contribution in [3.63, 3.8) is 0 Å². The molecule has 0 aliphatic rings. The van der Waals surface area contributed by atoms with Crippen molar-refractivity contribution < 1.29 is 23.9 Å². The number of methoxy groups -OCH3 is 1. The van der Waals surface area contributed by atoms with Gasteiger partial charge in [0, 0.05) is 6.07 Å². The Kier molecular flexibility index (Phi) is 8.13. The van der Waals surface area contributed by atoms with Crippen molar-refractivity contribution in [2.75, 3.05) is 19.1 Å². The van der Waals surface area contributed by atoms with Crippen LogP contribution in [0.2, 0.25) is 0 Å². The zero-order chi connectivity index (χ0) is 23.8. The van der Waals surface area contributed by atoms with Crippen LogP contribution in [0.3, 0.4) is 0 Å². The van der Waals surface area contributed by atoms with E-state index in [4.69, 9.17) is 14.2 Å². The minimum absolute atomic E-state index is 0.111. The lowest BCUT2D eigenvalue weighted by atomic mass is 10.2. The van der Waals surface area contributed by atoms with Gasteiger partial charge in [-0.2, -0.15) is 5.10 Å². The Balaban J connectivity index is 1.76. The number of nitrogens with one attached hydrogen (secondary N) is 1. The van der Waals surface area contributed by atoms with Gasteiger partial charge < -0.3 is 14.2 Å². The average Bonchev–Trinajstić information content (AvgIpc) is 2.81. The van der Waals surface area contributed by atoms with Gasteiger partial charge >= 0.3 is 5.97 Å². The Morgan fingerprint density at radius 3 is 2.61 bits per heavy atom. The summed E-state index contributed by atoms with van der Waals surface area (Å²) in [6, 6.07) is 12.8. The second kappa shape index (κ2) is 11.2. The van der Waals surface area contributed by atoms with Crippen LogP contribution in [0.1, 0.15) is 22.8 Å². The van der Waals surface area contributed by atoms with Crippen LogP contribution in [-0.4, -0.2) is 35.8 Å². The number of benzene rings is 2.